The summed E-state index contributed by atoms with van der Waals surface area (Å²) in [5, 5.41) is 11.4. The van der Waals surface area contributed by atoms with E-state index in [1.807, 2.05) is 42.5 Å². The monoisotopic (exact) mass is 276 g/mol. The number of hydrogen-bond acceptors (Lipinski definition) is 2. The molecule has 0 amide bonds. The second-order valence-electron chi connectivity index (χ2n) is 5.25. The fourth-order valence-corrected chi connectivity index (χ4v) is 3.44. The van der Waals surface area contributed by atoms with E-state index in [4.69, 9.17) is 0 Å². The van der Waals surface area contributed by atoms with E-state index in [0.29, 0.717) is 0 Å². The number of carboxylic acids is 1. The van der Waals surface area contributed by atoms with Gasteiger partial charge in [0.1, 0.15) is 0 Å². The van der Waals surface area contributed by atoms with Crippen LogP contribution in [0.4, 0.5) is 0 Å². The summed E-state index contributed by atoms with van der Waals surface area (Å²) in [6.07, 6.45) is 0.195. The molecule has 1 atom stereocenters. The maximum atomic E-state index is 11.9. The molecule has 0 spiro atoms. The largest absolute Gasteiger partial charge is 0.481 e. The minimum Gasteiger partial charge on any atom is -0.481 e. The highest BCUT2D eigenvalue weighted by Crippen LogP contribution is 2.41. The standard InChI is InChI=1S/C15H17O3P/c1-19(2,18)10-14(15(16)17)13-8-7-11-5-3-4-6-12(11)9-13/h3-9,14H,10H2,1-2H3,(H,16,17)/t14-/m0/s1. The molecule has 0 bridgehead atoms. The van der Waals surface area contributed by atoms with Crippen molar-refractivity contribution in [2.75, 3.05) is 19.5 Å². The Kier molecular flexibility index (Phi) is 3.77. The third-order valence-electron chi connectivity index (χ3n) is 3.10. The molecule has 3 nitrogen and oxygen atoms in total. The Morgan fingerprint density at radius 1 is 1.16 bits per heavy atom. The zero-order valence-electron chi connectivity index (χ0n) is 11.0. The van der Waals surface area contributed by atoms with E-state index in [9.17, 15) is 14.5 Å². The highest BCUT2D eigenvalue weighted by molar-refractivity contribution is 7.62. The van der Waals surface area contributed by atoms with Gasteiger partial charge < -0.3 is 9.67 Å². The molecule has 2 aromatic rings. The lowest BCUT2D eigenvalue weighted by atomic mass is 9.98. The van der Waals surface area contributed by atoms with Crippen LogP contribution < -0.4 is 0 Å². The summed E-state index contributed by atoms with van der Waals surface area (Å²) in [4.78, 5) is 11.4. The molecule has 0 heterocycles. The topological polar surface area (TPSA) is 54.4 Å². The predicted molar refractivity (Wildman–Crippen MR) is 78.6 cm³/mol. The van der Waals surface area contributed by atoms with Gasteiger partial charge in [-0.15, -0.1) is 0 Å². The SMILES string of the molecule is CP(C)(=O)C[C@H](C(=O)O)c1ccc2ccccc2c1. The Morgan fingerprint density at radius 3 is 2.37 bits per heavy atom. The zero-order chi connectivity index (χ0) is 14.0. The molecule has 0 aliphatic heterocycles. The van der Waals surface area contributed by atoms with Crippen LogP contribution >= 0.6 is 7.14 Å². The summed E-state index contributed by atoms with van der Waals surface area (Å²) in [6, 6.07) is 13.4. The molecule has 0 unspecified atom stereocenters. The van der Waals surface area contributed by atoms with Crippen LogP contribution in [0.2, 0.25) is 0 Å². The average Bonchev–Trinajstić information content (AvgIpc) is 2.34. The van der Waals surface area contributed by atoms with E-state index in [0.717, 1.165) is 16.3 Å². The van der Waals surface area contributed by atoms with Gasteiger partial charge in [0, 0.05) is 6.16 Å². The molecule has 1 N–H and O–H groups in total. The normalized spacial score (nSPS) is 13.4. The third-order valence-corrected chi connectivity index (χ3v) is 4.34. The first-order valence-corrected chi connectivity index (χ1v) is 8.91. The summed E-state index contributed by atoms with van der Waals surface area (Å²) in [6.45, 7) is 3.26. The van der Waals surface area contributed by atoms with E-state index in [2.05, 4.69) is 0 Å². The second-order valence-corrected chi connectivity index (χ2v) is 8.77. The van der Waals surface area contributed by atoms with Crippen LogP contribution in [0.15, 0.2) is 42.5 Å². The maximum Gasteiger partial charge on any atom is 0.311 e. The number of aliphatic carboxylic acids is 1. The number of benzene rings is 2. The van der Waals surface area contributed by atoms with E-state index in [-0.39, 0.29) is 6.16 Å². The first-order valence-electron chi connectivity index (χ1n) is 6.12. The van der Waals surface area contributed by atoms with Gasteiger partial charge in [0.05, 0.1) is 13.1 Å². The van der Waals surface area contributed by atoms with Gasteiger partial charge in [-0.1, -0.05) is 42.5 Å². The number of fused-ring (bicyclic) bond motifs is 1. The molecular weight excluding hydrogens is 259 g/mol. The van der Waals surface area contributed by atoms with Crippen molar-refractivity contribution in [2.24, 2.45) is 0 Å². The minimum absolute atomic E-state index is 0.195. The van der Waals surface area contributed by atoms with Crippen LogP contribution in [0.5, 0.6) is 0 Å². The molecule has 0 saturated heterocycles. The van der Waals surface area contributed by atoms with Crippen molar-refractivity contribution in [1.29, 1.82) is 0 Å². The van der Waals surface area contributed by atoms with Gasteiger partial charge in [0.2, 0.25) is 0 Å². The average molecular weight is 276 g/mol. The highest BCUT2D eigenvalue weighted by atomic mass is 31.2. The van der Waals surface area contributed by atoms with Crippen molar-refractivity contribution in [3.63, 3.8) is 0 Å². The second kappa shape index (κ2) is 5.18. The number of carboxylic acid groups (broad SMARTS) is 1. The van der Waals surface area contributed by atoms with Crippen molar-refractivity contribution in [1.82, 2.24) is 0 Å². The molecule has 2 rings (SSSR count). The van der Waals surface area contributed by atoms with Crippen LogP contribution in [0.3, 0.4) is 0 Å². The van der Waals surface area contributed by atoms with Crippen molar-refractivity contribution in [2.45, 2.75) is 5.92 Å². The lowest BCUT2D eigenvalue weighted by Gasteiger charge is -2.16. The number of hydrogen-bond donors (Lipinski definition) is 1. The fourth-order valence-electron chi connectivity index (χ4n) is 2.19. The summed E-state index contributed by atoms with van der Waals surface area (Å²) >= 11 is 0. The molecule has 0 aliphatic rings. The summed E-state index contributed by atoms with van der Waals surface area (Å²) in [5.41, 5.74) is 0.718. The fraction of sp³-hybridized carbons (Fsp3) is 0.267. The smallest absolute Gasteiger partial charge is 0.311 e. The zero-order valence-corrected chi connectivity index (χ0v) is 11.9. The molecule has 4 heteroatoms. The van der Waals surface area contributed by atoms with E-state index >= 15 is 0 Å². The van der Waals surface area contributed by atoms with Gasteiger partial charge in [0.25, 0.3) is 0 Å². The summed E-state index contributed by atoms with van der Waals surface area (Å²) in [7, 11) is -2.38. The van der Waals surface area contributed by atoms with Crippen LogP contribution in [-0.2, 0) is 9.36 Å². The molecule has 0 radical (unpaired) electrons. The van der Waals surface area contributed by atoms with Gasteiger partial charge in [-0.3, -0.25) is 4.79 Å². The molecule has 0 aliphatic carbocycles. The van der Waals surface area contributed by atoms with E-state index < -0.39 is 19.0 Å². The Morgan fingerprint density at radius 2 is 1.79 bits per heavy atom. The quantitative estimate of drug-likeness (QED) is 0.867. The van der Waals surface area contributed by atoms with Crippen LogP contribution in [0, 0.1) is 0 Å². The van der Waals surface area contributed by atoms with Crippen molar-refractivity contribution >= 4 is 23.9 Å². The number of rotatable bonds is 4. The van der Waals surface area contributed by atoms with Gasteiger partial charge in [-0.05, 0) is 29.7 Å². The lowest BCUT2D eigenvalue weighted by Crippen LogP contribution is -2.15. The molecule has 0 saturated carbocycles. The molecule has 0 aromatic heterocycles. The molecule has 0 fully saturated rings. The van der Waals surface area contributed by atoms with E-state index in [1.54, 1.807) is 13.3 Å². The van der Waals surface area contributed by atoms with Gasteiger partial charge in [-0.25, -0.2) is 0 Å². The van der Waals surface area contributed by atoms with Crippen molar-refractivity contribution in [3.8, 4) is 0 Å². The molecule has 2 aromatic carbocycles. The summed E-state index contributed by atoms with van der Waals surface area (Å²) < 4.78 is 11.9. The summed E-state index contributed by atoms with van der Waals surface area (Å²) in [5.74, 6) is -1.62. The van der Waals surface area contributed by atoms with Crippen molar-refractivity contribution in [3.05, 3.63) is 48.0 Å². The highest BCUT2D eigenvalue weighted by Gasteiger charge is 2.25. The molecular formula is C15H17O3P. The van der Waals surface area contributed by atoms with E-state index in [1.165, 1.54) is 0 Å². The Bertz CT molecular complexity index is 657. The third kappa shape index (κ3) is 3.45. The Hall–Kier alpha value is -1.60. The lowest BCUT2D eigenvalue weighted by molar-refractivity contribution is -0.138. The maximum absolute atomic E-state index is 11.9. The van der Waals surface area contributed by atoms with Gasteiger partial charge in [-0.2, -0.15) is 0 Å². The predicted octanol–water partition coefficient (Wildman–Crippen LogP) is 3.63. The van der Waals surface area contributed by atoms with Gasteiger partial charge in [0.15, 0.2) is 0 Å². The van der Waals surface area contributed by atoms with Crippen LogP contribution in [-0.4, -0.2) is 30.6 Å². The first kappa shape index (κ1) is 13.8. The Balaban J connectivity index is 2.44. The van der Waals surface area contributed by atoms with Crippen LogP contribution in [0.1, 0.15) is 11.5 Å². The minimum atomic E-state index is -2.38. The van der Waals surface area contributed by atoms with Crippen molar-refractivity contribution < 1.29 is 14.5 Å². The molecule has 100 valence electrons. The van der Waals surface area contributed by atoms with Gasteiger partial charge >= 0.3 is 5.97 Å². The molecule has 19 heavy (non-hydrogen) atoms. The van der Waals surface area contributed by atoms with Crippen LogP contribution in [0.25, 0.3) is 10.8 Å². The Labute approximate surface area is 112 Å². The first-order chi connectivity index (χ1) is 8.87. The number of carbonyl (C=O) groups is 1.